The van der Waals surface area contributed by atoms with Crippen molar-refractivity contribution >= 4 is 11.6 Å². The minimum Gasteiger partial charge on any atom is -0.368 e. The standard InChI is InChI=1S/C15H22N2O.C2H6/c1-15(2,3)14(18)17-11-9-16(10-12-17)13-7-5-4-6-8-13;1-2/h4-8H,9-12H2,1-3H3;1-2H3. The molecule has 3 heteroatoms. The Bertz CT molecular complexity index is 401. The highest BCUT2D eigenvalue weighted by Crippen LogP contribution is 2.20. The zero-order valence-electron chi connectivity index (χ0n) is 13.5. The molecule has 0 aromatic heterocycles. The normalized spacial score (nSPS) is 15.4. The monoisotopic (exact) mass is 276 g/mol. The first-order valence-corrected chi connectivity index (χ1v) is 7.58. The summed E-state index contributed by atoms with van der Waals surface area (Å²) in [4.78, 5) is 16.5. The Morgan fingerprint density at radius 1 is 0.950 bits per heavy atom. The molecule has 0 atom stereocenters. The van der Waals surface area contributed by atoms with Crippen LogP contribution in [0, 0.1) is 5.41 Å². The summed E-state index contributed by atoms with van der Waals surface area (Å²) in [7, 11) is 0. The van der Waals surface area contributed by atoms with E-state index in [2.05, 4.69) is 29.2 Å². The van der Waals surface area contributed by atoms with E-state index in [-0.39, 0.29) is 11.3 Å². The summed E-state index contributed by atoms with van der Waals surface area (Å²) in [6.45, 7) is 13.4. The minimum absolute atomic E-state index is 0.259. The first kappa shape index (κ1) is 16.5. The molecule has 1 aliphatic rings. The molecular weight excluding hydrogens is 248 g/mol. The lowest BCUT2D eigenvalue weighted by molar-refractivity contribution is -0.139. The fourth-order valence-electron chi connectivity index (χ4n) is 2.28. The van der Waals surface area contributed by atoms with Gasteiger partial charge in [0.05, 0.1) is 0 Å². The predicted octanol–water partition coefficient (Wildman–Crippen LogP) is 3.41. The molecule has 112 valence electrons. The van der Waals surface area contributed by atoms with E-state index in [9.17, 15) is 4.79 Å². The van der Waals surface area contributed by atoms with Gasteiger partial charge in [-0.15, -0.1) is 0 Å². The highest BCUT2D eigenvalue weighted by molar-refractivity contribution is 5.81. The van der Waals surface area contributed by atoms with Crippen molar-refractivity contribution in [2.45, 2.75) is 34.6 Å². The van der Waals surface area contributed by atoms with Crippen LogP contribution in [-0.4, -0.2) is 37.0 Å². The van der Waals surface area contributed by atoms with E-state index in [0.717, 1.165) is 26.2 Å². The van der Waals surface area contributed by atoms with Crippen LogP contribution in [0.4, 0.5) is 5.69 Å². The van der Waals surface area contributed by atoms with E-state index in [1.165, 1.54) is 5.69 Å². The molecule has 0 radical (unpaired) electrons. The maximum atomic E-state index is 12.2. The summed E-state index contributed by atoms with van der Waals surface area (Å²) in [5.74, 6) is 0.259. The molecule has 0 spiro atoms. The van der Waals surface area contributed by atoms with Gasteiger partial charge in [0.25, 0.3) is 0 Å². The second-order valence-corrected chi connectivity index (χ2v) is 5.86. The second kappa shape index (κ2) is 7.32. The molecule has 0 N–H and O–H groups in total. The molecule has 0 unspecified atom stereocenters. The van der Waals surface area contributed by atoms with Crippen molar-refractivity contribution in [1.82, 2.24) is 4.90 Å². The Kier molecular flexibility index (Phi) is 6.05. The molecule has 1 fully saturated rings. The summed E-state index contributed by atoms with van der Waals surface area (Å²) in [6, 6.07) is 10.4. The number of piperazine rings is 1. The van der Waals surface area contributed by atoms with Crippen LogP contribution in [0.3, 0.4) is 0 Å². The summed E-state index contributed by atoms with van der Waals surface area (Å²) >= 11 is 0. The molecule has 1 aromatic rings. The van der Waals surface area contributed by atoms with Crippen LogP contribution in [0.1, 0.15) is 34.6 Å². The third-order valence-corrected chi connectivity index (χ3v) is 3.33. The van der Waals surface area contributed by atoms with Gasteiger partial charge in [-0.1, -0.05) is 52.8 Å². The number of carbonyl (C=O) groups is 1. The molecule has 1 heterocycles. The van der Waals surface area contributed by atoms with Gasteiger partial charge in [0.2, 0.25) is 5.91 Å². The lowest BCUT2D eigenvalue weighted by Gasteiger charge is -2.38. The number of carbonyl (C=O) groups excluding carboxylic acids is 1. The molecule has 1 amide bonds. The molecule has 20 heavy (non-hydrogen) atoms. The van der Waals surface area contributed by atoms with Gasteiger partial charge in [0, 0.05) is 37.3 Å². The predicted molar refractivity (Wildman–Crippen MR) is 86.0 cm³/mol. The zero-order valence-corrected chi connectivity index (χ0v) is 13.5. The summed E-state index contributed by atoms with van der Waals surface area (Å²) < 4.78 is 0. The fraction of sp³-hybridized carbons (Fsp3) is 0.588. The highest BCUT2D eigenvalue weighted by atomic mass is 16.2. The summed E-state index contributed by atoms with van der Waals surface area (Å²) in [6.07, 6.45) is 0. The van der Waals surface area contributed by atoms with Crippen molar-refractivity contribution in [2.75, 3.05) is 31.1 Å². The largest absolute Gasteiger partial charge is 0.368 e. The molecule has 2 rings (SSSR count). The first-order valence-electron chi connectivity index (χ1n) is 7.58. The van der Waals surface area contributed by atoms with Gasteiger partial charge < -0.3 is 9.80 Å². The molecular formula is C17H28N2O. The number of hydrogen-bond acceptors (Lipinski definition) is 2. The van der Waals surface area contributed by atoms with Crippen LogP contribution in [0.5, 0.6) is 0 Å². The van der Waals surface area contributed by atoms with Gasteiger partial charge in [-0.05, 0) is 12.1 Å². The topological polar surface area (TPSA) is 23.6 Å². The summed E-state index contributed by atoms with van der Waals surface area (Å²) in [5.41, 5.74) is 0.981. The van der Waals surface area contributed by atoms with Gasteiger partial charge in [0.1, 0.15) is 0 Å². The third kappa shape index (κ3) is 4.26. The molecule has 1 aliphatic heterocycles. The third-order valence-electron chi connectivity index (χ3n) is 3.33. The molecule has 3 nitrogen and oxygen atoms in total. The summed E-state index contributed by atoms with van der Waals surface area (Å²) in [5, 5.41) is 0. The fourth-order valence-corrected chi connectivity index (χ4v) is 2.28. The average Bonchev–Trinajstić information content (AvgIpc) is 2.49. The smallest absolute Gasteiger partial charge is 0.228 e. The van der Waals surface area contributed by atoms with Crippen molar-refractivity contribution in [1.29, 1.82) is 0 Å². The number of anilines is 1. The van der Waals surface area contributed by atoms with Crippen LogP contribution in [0.15, 0.2) is 30.3 Å². The molecule has 0 aliphatic carbocycles. The molecule has 1 aromatic carbocycles. The Morgan fingerprint density at radius 2 is 1.45 bits per heavy atom. The molecule has 0 bridgehead atoms. The SMILES string of the molecule is CC.CC(C)(C)C(=O)N1CCN(c2ccccc2)CC1. The lowest BCUT2D eigenvalue weighted by atomic mass is 9.94. The number of nitrogens with zero attached hydrogens (tertiary/aromatic N) is 2. The Balaban J connectivity index is 0.000000956. The van der Waals surface area contributed by atoms with Gasteiger partial charge in [-0.25, -0.2) is 0 Å². The first-order chi connectivity index (χ1) is 9.48. The van der Waals surface area contributed by atoms with Crippen molar-refractivity contribution in [3.8, 4) is 0 Å². The van der Waals surface area contributed by atoms with E-state index >= 15 is 0 Å². The van der Waals surface area contributed by atoms with Crippen molar-refractivity contribution in [3.05, 3.63) is 30.3 Å². The number of para-hydroxylation sites is 1. The van der Waals surface area contributed by atoms with Crippen molar-refractivity contribution in [3.63, 3.8) is 0 Å². The Morgan fingerprint density at radius 3 is 1.90 bits per heavy atom. The van der Waals surface area contributed by atoms with E-state index in [1.54, 1.807) is 0 Å². The van der Waals surface area contributed by atoms with Gasteiger partial charge in [0.15, 0.2) is 0 Å². The Hall–Kier alpha value is -1.51. The van der Waals surface area contributed by atoms with Gasteiger partial charge in [-0.3, -0.25) is 4.79 Å². The van der Waals surface area contributed by atoms with Crippen LogP contribution >= 0.6 is 0 Å². The number of rotatable bonds is 1. The zero-order chi connectivity index (χ0) is 15.2. The number of hydrogen-bond donors (Lipinski definition) is 0. The Labute approximate surface area is 123 Å². The van der Waals surface area contributed by atoms with Crippen LogP contribution in [0.2, 0.25) is 0 Å². The van der Waals surface area contributed by atoms with E-state index in [4.69, 9.17) is 0 Å². The van der Waals surface area contributed by atoms with E-state index in [0.29, 0.717) is 0 Å². The van der Waals surface area contributed by atoms with Gasteiger partial charge >= 0.3 is 0 Å². The highest BCUT2D eigenvalue weighted by Gasteiger charge is 2.29. The molecule has 1 saturated heterocycles. The number of benzene rings is 1. The van der Waals surface area contributed by atoms with Crippen LogP contribution < -0.4 is 4.90 Å². The lowest BCUT2D eigenvalue weighted by Crippen LogP contribution is -2.51. The van der Waals surface area contributed by atoms with Crippen LogP contribution in [-0.2, 0) is 4.79 Å². The van der Waals surface area contributed by atoms with E-state index < -0.39 is 0 Å². The maximum absolute atomic E-state index is 12.2. The average molecular weight is 276 g/mol. The van der Waals surface area contributed by atoms with Crippen LogP contribution in [0.25, 0.3) is 0 Å². The minimum atomic E-state index is -0.269. The quantitative estimate of drug-likeness (QED) is 0.785. The van der Waals surface area contributed by atoms with E-state index in [1.807, 2.05) is 45.6 Å². The maximum Gasteiger partial charge on any atom is 0.228 e. The van der Waals surface area contributed by atoms with Gasteiger partial charge in [-0.2, -0.15) is 0 Å². The van der Waals surface area contributed by atoms with Crippen molar-refractivity contribution in [2.24, 2.45) is 5.41 Å². The van der Waals surface area contributed by atoms with Crippen molar-refractivity contribution < 1.29 is 4.79 Å². The second-order valence-electron chi connectivity index (χ2n) is 5.86. The number of amides is 1. The molecule has 0 saturated carbocycles.